The average molecular weight is 406 g/mol. The van der Waals surface area contributed by atoms with Crippen molar-refractivity contribution >= 4 is 40.2 Å². The van der Waals surface area contributed by atoms with Gasteiger partial charge in [0.15, 0.2) is 11.6 Å². The highest BCUT2D eigenvalue weighted by Gasteiger charge is 2.26. The summed E-state index contributed by atoms with van der Waals surface area (Å²) in [5.41, 5.74) is 2.28. The topological polar surface area (TPSA) is 102 Å². The number of nitrogens with zero attached hydrogens (tertiary/aromatic N) is 7. The predicted molar refractivity (Wildman–Crippen MR) is 110 cm³/mol. The molecule has 4 aromatic rings. The maximum absolute atomic E-state index is 12.7. The Labute approximate surface area is 170 Å². The lowest BCUT2D eigenvalue weighted by Gasteiger charge is -2.31. The molecule has 1 aliphatic rings. The van der Waals surface area contributed by atoms with Gasteiger partial charge >= 0.3 is 0 Å². The molecule has 1 saturated heterocycles. The Morgan fingerprint density at radius 1 is 1.03 bits per heavy atom. The van der Waals surface area contributed by atoms with E-state index in [2.05, 4.69) is 34.3 Å². The van der Waals surface area contributed by atoms with E-state index in [1.165, 1.54) is 0 Å². The Morgan fingerprint density at radius 2 is 1.86 bits per heavy atom. The van der Waals surface area contributed by atoms with E-state index in [1.54, 1.807) is 10.9 Å². The van der Waals surface area contributed by atoms with Crippen LogP contribution in [0.5, 0.6) is 0 Å². The van der Waals surface area contributed by atoms with Gasteiger partial charge in [0.25, 0.3) is 0 Å². The van der Waals surface area contributed by atoms with E-state index in [9.17, 15) is 4.79 Å². The summed E-state index contributed by atoms with van der Waals surface area (Å²) < 4.78 is 10.2. The van der Waals surface area contributed by atoms with E-state index in [-0.39, 0.29) is 11.8 Å². The Kier molecular flexibility index (Phi) is 4.60. The quantitative estimate of drug-likeness (QED) is 0.556. The number of carbonyl (C=O) groups is 1. The summed E-state index contributed by atoms with van der Waals surface area (Å²) in [4.78, 5) is 14.9. The van der Waals surface area contributed by atoms with Crippen LogP contribution in [0.25, 0.3) is 16.9 Å². The van der Waals surface area contributed by atoms with E-state index in [4.69, 9.17) is 0 Å². The van der Waals surface area contributed by atoms with Crippen molar-refractivity contribution in [1.29, 1.82) is 0 Å². The summed E-state index contributed by atoms with van der Waals surface area (Å²) in [5, 5.41) is 15.8. The van der Waals surface area contributed by atoms with Crippen LogP contribution in [0.4, 0.5) is 11.5 Å². The smallest absolute Gasteiger partial charge is 0.227 e. The van der Waals surface area contributed by atoms with Gasteiger partial charge in [0.1, 0.15) is 11.0 Å². The molecule has 0 unspecified atom stereocenters. The Hall–Kier alpha value is -3.40. The van der Waals surface area contributed by atoms with Crippen molar-refractivity contribution in [3.8, 4) is 5.82 Å². The molecular weight excluding hydrogens is 388 g/mol. The second-order valence-electron chi connectivity index (χ2n) is 6.89. The van der Waals surface area contributed by atoms with Crippen LogP contribution in [0, 0.1) is 5.92 Å². The number of benzene rings is 1. The second kappa shape index (κ2) is 7.55. The first-order valence-electron chi connectivity index (χ1n) is 9.39. The number of anilines is 2. The standard InChI is InChI=1S/C19H18N8OS/c28-19(21-14-3-1-4-15-18(14)25-29-24-15)13-7-11-26(12-8-13)16-5-6-17(23-22-16)27-10-2-9-20-27/h1-6,9-10,13H,7-8,11-12H2,(H,21,28). The third kappa shape index (κ3) is 3.54. The number of carbonyl (C=O) groups excluding carboxylic acids is 1. The SMILES string of the molecule is O=C(Nc1cccc2nsnc12)C1CCN(c2ccc(-n3cccn3)nn2)CC1. The van der Waals surface area contributed by atoms with Crippen molar-refractivity contribution in [3.05, 3.63) is 48.8 Å². The molecule has 1 fully saturated rings. The number of rotatable bonds is 4. The molecule has 0 radical (unpaired) electrons. The predicted octanol–water partition coefficient (Wildman–Crippen LogP) is 2.52. The summed E-state index contributed by atoms with van der Waals surface area (Å²) in [6.45, 7) is 1.52. The first kappa shape index (κ1) is 17.7. The lowest BCUT2D eigenvalue weighted by atomic mass is 9.95. The van der Waals surface area contributed by atoms with Crippen LogP contribution in [0.3, 0.4) is 0 Å². The van der Waals surface area contributed by atoms with Crippen molar-refractivity contribution in [2.45, 2.75) is 12.8 Å². The summed E-state index contributed by atoms with van der Waals surface area (Å²) in [6.07, 6.45) is 5.06. The monoisotopic (exact) mass is 406 g/mol. The summed E-state index contributed by atoms with van der Waals surface area (Å²) in [6, 6.07) is 11.3. The van der Waals surface area contributed by atoms with Crippen molar-refractivity contribution in [3.63, 3.8) is 0 Å². The van der Waals surface area contributed by atoms with Crippen molar-refractivity contribution in [1.82, 2.24) is 28.7 Å². The molecule has 1 aromatic carbocycles. The van der Waals surface area contributed by atoms with Gasteiger partial charge in [-0.1, -0.05) is 6.07 Å². The molecule has 4 heterocycles. The molecule has 0 bridgehead atoms. The minimum atomic E-state index is -0.0376. The summed E-state index contributed by atoms with van der Waals surface area (Å²) in [5.74, 6) is 1.49. The fraction of sp³-hybridized carbons (Fsp3) is 0.263. The Morgan fingerprint density at radius 3 is 2.62 bits per heavy atom. The largest absolute Gasteiger partial charge is 0.355 e. The molecule has 10 heteroatoms. The normalized spacial score (nSPS) is 15.0. The van der Waals surface area contributed by atoms with E-state index in [1.807, 2.05) is 42.6 Å². The highest BCUT2D eigenvalue weighted by molar-refractivity contribution is 7.00. The molecule has 1 amide bonds. The minimum absolute atomic E-state index is 0.0327. The maximum atomic E-state index is 12.7. The molecule has 1 aliphatic heterocycles. The van der Waals surface area contributed by atoms with Crippen LogP contribution in [0.15, 0.2) is 48.8 Å². The molecule has 0 saturated carbocycles. The number of fused-ring (bicyclic) bond motifs is 1. The lowest BCUT2D eigenvalue weighted by Crippen LogP contribution is -2.38. The van der Waals surface area contributed by atoms with Crippen molar-refractivity contribution in [2.24, 2.45) is 5.92 Å². The first-order valence-corrected chi connectivity index (χ1v) is 10.1. The van der Waals surface area contributed by atoms with Crippen molar-refractivity contribution < 1.29 is 4.79 Å². The van der Waals surface area contributed by atoms with Gasteiger partial charge < -0.3 is 10.2 Å². The van der Waals surface area contributed by atoms with E-state index in [0.717, 1.165) is 60.2 Å². The van der Waals surface area contributed by atoms with Crippen LogP contribution in [-0.4, -0.2) is 47.7 Å². The number of hydrogen-bond acceptors (Lipinski definition) is 8. The number of aromatic nitrogens is 6. The molecule has 0 atom stereocenters. The minimum Gasteiger partial charge on any atom is -0.355 e. The van der Waals surface area contributed by atoms with Crippen molar-refractivity contribution in [2.75, 3.05) is 23.3 Å². The average Bonchev–Trinajstić information content (AvgIpc) is 3.47. The number of nitrogens with one attached hydrogen (secondary N) is 1. The van der Waals surface area contributed by atoms with Gasteiger partial charge in [-0.15, -0.1) is 10.2 Å². The summed E-state index contributed by atoms with van der Waals surface area (Å²) >= 11 is 1.15. The summed E-state index contributed by atoms with van der Waals surface area (Å²) in [7, 11) is 0. The van der Waals surface area contributed by atoms with Crippen LogP contribution in [0.2, 0.25) is 0 Å². The number of piperidine rings is 1. The zero-order valence-corrected chi connectivity index (χ0v) is 16.3. The van der Waals surface area contributed by atoms with Gasteiger partial charge in [-0.3, -0.25) is 4.79 Å². The zero-order chi connectivity index (χ0) is 19.6. The van der Waals surface area contributed by atoms with Gasteiger partial charge in [-0.25, -0.2) is 4.68 Å². The molecule has 1 N–H and O–H groups in total. The third-order valence-corrected chi connectivity index (χ3v) is 5.65. The van der Waals surface area contributed by atoms with Gasteiger partial charge in [0, 0.05) is 31.4 Å². The fourth-order valence-corrected chi connectivity index (χ4v) is 4.08. The Bertz CT molecular complexity index is 1120. The van der Waals surface area contributed by atoms with Crippen LogP contribution < -0.4 is 10.2 Å². The molecule has 0 aliphatic carbocycles. The fourth-order valence-electron chi connectivity index (χ4n) is 3.53. The Balaban J connectivity index is 1.21. The second-order valence-corrected chi connectivity index (χ2v) is 7.42. The zero-order valence-electron chi connectivity index (χ0n) is 15.5. The first-order chi connectivity index (χ1) is 14.3. The van der Waals surface area contributed by atoms with E-state index in [0.29, 0.717) is 5.82 Å². The number of hydrogen-bond donors (Lipinski definition) is 1. The third-order valence-electron chi connectivity index (χ3n) is 5.11. The van der Waals surface area contributed by atoms with E-state index >= 15 is 0 Å². The van der Waals surface area contributed by atoms with E-state index < -0.39 is 0 Å². The molecule has 9 nitrogen and oxygen atoms in total. The van der Waals surface area contributed by atoms with Crippen LogP contribution in [-0.2, 0) is 4.79 Å². The number of amides is 1. The van der Waals surface area contributed by atoms with Gasteiger partial charge in [-0.2, -0.15) is 13.8 Å². The van der Waals surface area contributed by atoms with Crippen LogP contribution in [0.1, 0.15) is 12.8 Å². The van der Waals surface area contributed by atoms with Gasteiger partial charge in [-0.05, 0) is 43.2 Å². The highest BCUT2D eigenvalue weighted by Crippen LogP contribution is 2.25. The molecule has 146 valence electrons. The molecule has 0 spiro atoms. The molecule has 29 heavy (non-hydrogen) atoms. The molecular formula is C19H18N8OS. The maximum Gasteiger partial charge on any atom is 0.227 e. The van der Waals surface area contributed by atoms with Gasteiger partial charge in [0.2, 0.25) is 5.91 Å². The molecule has 3 aromatic heterocycles. The molecule has 5 rings (SSSR count). The lowest BCUT2D eigenvalue weighted by molar-refractivity contribution is -0.120. The van der Waals surface area contributed by atoms with Gasteiger partial charge in [0.05, 0.1) is 17.4 Å². The van der Waals surface area contributed by atoms with Crippen LogP contribution >= 0.6 is 11.7 Å². The highest BCUT2D eigenvalue weighted by atomic mass is 32.1.